The summed E-state index contributed by atoms with van der Waals surface area (Å²) in [5.74, 6) is -3.10. The van der Waals surface area contributed by atoms with Gasteiger partial charge in [0.1, 0.15) is 17.2 Å². The summed E-state index contributed by atoms with van der Waals surface area (Å²) in [7, 11) is 1.63. The number of benzene rings is 2. The number of nitrogens with one attached hydrogen (secondary N) is 1. The molecule has 1 atom stereocenters. The Balaban J connectivity index is 1.59. The highest BCUT2D eigenvalue weighted by atomic mass is 19.1. The Bertz CT molecular complexity index is 1130. The molecule has 4 amide bonds. The third kappa shape index (κ3) is 2.94. The van der Waals surface area contributed by atoms with Gasteiger partial charge in [-0.15, -0.1) is 0 Å². The first kappa shape index (κ1) is 19.7. The Hall–Kier alpha value is -3.62. The minimum atomic E-state index is -1.84. The maximum absolute atomic E-state index is 14.2. The van der Waals surface area contributed by atoms with Crippen LogP contribution in [-0.4, -0.2) is 42.1 Å². The third-order valence-corrected chi connectivity index (χ3v) is 5.52. The number of hydrogen-bond donors (Lipinski definition) is 1. The van der Waals surface area contributed by atoms with Crippen molar-refractivity contribution in [1.29, 1.82) is 0 Å². The predicted molar refractivity (Wildman–Crippen MR) is 102 cm³/mol. The second kappa shape index (κ2) is 6.72. The number of imide groups is 1. The number of likely N-dealkylation sites (N-methyl/N-ethyl adjacent to an activating group) is 1. The molecule has 0 saturated carbocycles. The zero-order valence-corrected chi connectivity index (χ0v) is 16.2. The smallest absolute Gasteiger partial charge is 0.319 e. The number of nitrogens with zero attached hydrogens (tertiary/aromatic N) is 2. The van der Waals surface area contributed by atoms with E-state index >= 15 is 0 Å². The molecule has 0 aliphatic carbocycles. The fraction of sp³-hybridized carbons (Fsp3) is 0.238. The number of Topliss-reactive ketones (excluding diaryl/α,β-unsaturated/α-hetero) is 1. The van der Waals surface area contributed by atoms with Gasteiger partial charge in [0, 0.05) is 23.9 Å². The summed E-state index contributed by atoms with van der Waals surface area (Å²) in [5.41, 5.74) is -0.549. The lowest BCUT2D eigenvalue weighted by Gasteiger charge is -2.22. The Kier molecular flexibility index (Phi) is 4.41. The highest BCUT2D eigenvalue weighted by Gasteiger charge is 2.50. The van der Waals surface area contributed by atoms with Crippen molar-refractivity contribution in [3.8, 4) is 0 Å². The average molecular weight is 413 g/mol. The van der Waals surface area contributed by atoms with E-state index in [-0.39, 0.29) is 23.5 Å². The van der Waals surface area contributed by atoms with Crippen LogP contribution in [0.2, 0.25) is 0 Å². The molecule has 0 radical (unpaired) electrons. The quantitative estimate of drug-likeness (QED) is 0.615. The summed E-state index contributed by atoms with van der Waals surface area (Å²) in [6.07, 6.45) is 0.160. The molecule has 4 rings (SSSR count). The fourth-order valence-electron chi connectivity index (χ4n) is 3.78. The molecule has 2 aromatic rings. The summed E-state index contributed by atoms with van der Waals surface area (Å²) in [6.45, 7) is 0.687. The maximum atomic E-state index is 14.2. The van der Waals surface area contributed by atoms with Gasteiger partial charge in [-0.3, -0.25) is 19.3 Å². The number of fused-ring (bicyclic) bond motifs is 1. The molecule has 2 aliphatic rings. The number of amides is 4. The van der Waals surface area contributed by atoms with Gasteiger partial charge in [0.15, 0.2) is 5.78 Å². The van der Waals surface area contributed by atoms with Crippen molar-refractivity contribution in [2.24, 2.45) is 0 Å². The maximum Gasteiger partial charge on any atom is 0.325 e. The minimum absolute atomic E-state index is 0.100. The highest BCUT2D eigenvalue weighted by Crippen LogP contribution is 2.32. The number of anilines is 1. The van der Waals surface area contributed by atoms with Crippen molar-refractivity contribution in [2.75, 3.05) is 18.5 Å². The second-order valence-corrected chi connectivity index (χ2v) is 7.47. The standard InChI is InChI=1S/C21H17F2N3O4/c1-21(14-9-13(22)4-5-15(14)23)19(29)26(20(30)24-21)10-17(27)11-3-6-16-12(7-11)8-18(28)25(16)2/h3-7,9H,8,10H2,1-2H3,(H,24,30)/t21-/m0/s1. The lowest BCUT2D eigenvalue weighted by Crippen LogP contribution is -2.42. The lowest BCUT2D eigenvalue weighted by atomic mass is 9.91. The average Bonchev–Trinajstić information content (AvgIpc) is 3.11. The summed E-state index contributed by atoms with van der Waals surface area (Å²) >= 11 is 0. The summed E-state index contributed by atoms with van der Waals surface area (Å²) < 4.78 is 27.8. The van der Waals surface area contributed by atoms with Crippen molar-refractivity contribution < 1.29 is 28.0 Å². The molecule has 0 aromatic heterocycles. The third-order valence-electron chi connectivity index (χ3n) is 5.52. The zero-order chi connectivity index (χ0) is 21.8. The first-order chi connectivity index (χ1) is 14.1. The van der Waals surface area contributed by atoms with Gasteiger partial charge < -0.3 is 10.2 Å². The molecular formula is C21H17F2N3O4. The topological polar surface area (TPSA) is 86.8 Å². The van der Waals surface area contributed by atoms with Crippen LogP contribution in [0.4, 0.5) is 19.3 Å². The first-order valence-electron chi connectivity index (χ1n) is 9.14. The van der Waals surface area contributed by atoms with Gasteiger partial charge >= 0.3 is 6.03 Å². The van der Waals surface area contributed by atoms with Crippen LogP contribution in [0.15, 0.2) is 36.4 Å². The number of rotatable bonds is 4. The van der Waals surface area contributed by atoms with Crippen molar-refractivity contribution >= 4 is 29.3 Å². The molecule has 7 nitrogen and oxygen atoms in total. The lowest BCUT2D eigenvalue weighted by molar-refractivity contribution is -0.130. The molecule has 2 aromatic carbocycles. The van der Waals surface area contributed by atoms with Crippen LogP contribution in [0, 0.1) is 11.6 Å². The van der Waals surface area contributed by atoms with Crippen LogP contribution in [-0.2, 0) is 21.5 Å². The number of hydrogen-bond acceptors (Lipinski definition) is 4. The molecule has 154 valence electrons. The zero-order valence-electron chi connectivity index (χ0n) is 16.2. The van der Waals surface area contributed by atoms with Crippen LogP contribution in [0.25, 0.3) is 0 Å². The number of carbonyl (C=O) groups excluding carboxylic acids is 4. The molecule has 0 unspecified atom stereocenters. The van der Waals surface area contributed by atoms with Gasteiger partial charge in [-0.05, 0) is 48.9 Å². The number of halogens is 2. The normalized spacial score (nSPS) is 20.6. The van der Waals surface area contributed by atoms with Gasteiger partial charge in [0.25, 0.3) is 5.91 Å². The molecule has 0 spiro atoms. The summed E-state index contributed by atoms with van der Waals surface area (Å²) in [6, 6.07) is 6.43. The van der Waals surface area contributed by atoms with E-state index in [4.69, 9.17) is 0 Å². The van der Waals surface area contributed by atoms with E-state index < -0.39 is 41.4 Å². The SMILES string of the molecule is CN1C(=O)Cc2cc(C(=O)CN3C(=O)N[C@@](C)(c4cc(F)ccc4F)C3=O)ccc21. The second-order valence-electron chi connectivity index (χ2n) is 7.47. The summed E-state index contributed by atoms with van der Waals surface area (Å²) in [5, 5.41) is 2.35. The number of carbonyl (C=O) groups is 4. The van der Waals surface area contributed by atoms with Crippen LogP contribution < -0.4 is 10.2 Å². The number of urea groups is 1. The molecule has 1 saturated heterocycles. The highest BCUT2D eigenvalue weighted by molar-refractivity contribution is 6.11. The monoisotopic (exact) mass is 413 g/mol. The van der Waals surface area contributed by atoms with E-state index in [1.54, 1.807) is 19.2 Å². The van der Waals surface area contributed by atoms with Crippen LogP contribution in [0.5, 0.6) is 0 Å². The molecule has 1 N–H and O–H groups in total. The van der Waals surface area contributed by atoms with E-state index in [2.05, 4.69) is 5.32 Å². The minimum Gasteiger partial charge on any atom is -0.319 e. The molecule has 0 bridgehead atoms. The van der Waals surface area contributed by atoms with E-state index in [9.17, 15) is 28.0 Å². The van der Waals surface area contributed by atoms with Crippen LogP contribution in [0.1, 0.15) is 28.4 Å². The van der Waals surface area contributed by atoms with Crippen molar-refractivity contribution in [2.45, 2.75) is 18.9 Å². The van der Waals surface area contributed by atoms with Crippen molar-refractivity contribution in [3.63, 3.8) is 0 Å². The summed E-state index contributed by atoms with van der Waals surface area (Å²) in [4.78, 5) is 52.0. The molecule has 2 aliphatic heterocycles. The Morgan fingerprint density at radius 3 is 2.60 bits per heavy atom. The molecular weight excluding hydrogens is 396 g/mol. The fourth-order valence-corrected chi connectivity index (χ4v) is 3.78. The van der Waals surface area contributed by atoms with Crippen LogP contribution in [0.3, 0.4) is 0 Å². The first-order valence-corrected chi connectivity index (χ1v) is 9.14. The van der Waals surface area contributed by atoms with Crippen molar-refractivity contribution in [3.05, 3.63) is 64.7 Å². The van der Waals surface area contributed by atoms with E-state index in [1.807, 2.05) is 0 Å². The van der Waals surface area contributed by atoms with E-state index in [0.29, 0.717) is 16.2 Å². The Labute approximate surface area is 170 Å². The number of ketones is 1. The van der Waals surface area contributed by atoms with Crippen LogP contribution >= 0.6 is 0 Å². The van der Waals surface area contributed by atoms with Gasteiger partial charge in [-0.2, -0.15) is 0 Å². The van der Waals surface area contributed by atoms with Crippen molar-refractivity contribution in [1.82, 2.24) is 10.2 Å². The van der Waals surface area contributed by atoms with Gasteiger partial charge in [0.2, 0.25) is 5.91 Å². The molecule has 9 heteroatoms. The molecule has 30 heavy (non-hydrogen) atoms. The Morgan fingerprint density at radius 1 is 1.13 bits per heavy atom. The molecule has 2 heterocycles. The van der Waals surface area contributed by atoms with E-state index in [0.717, 1.165) is 18.2 Å². The van der Waals surface area contributed by atoms with Gasteiger partial charge in [-0.1, -0.05) is 0 Å². The van der Waals surface area contributed by atoms with Gasteiger partial charge in [0.05, 0.1) is 13.0 Å². The van der Waals surface area contributed by atoms with E-state index in [1.165, 1.54) is 17.9 Å². The predicted octanol–water partition coefficient (Wildman–Crippen LogP) is 2.13. The van der Waals surface area contributed by atoms with Gasteiger partial charge in [-0.25, -0.2) is 13.6 Å². The largest absolute Gasteiger partial charge is 0.325 e. The molecule has 1 fully saturated rings. The Morgan fingerprint density at radius 2 is 1.87 bits per heavy atom.